The Morgan fingerprint density at radius 1 is 1.29 bits per heavy atom. The molecule has 9 heteroatoms. The zero-order valence-corrected chi connectivity index (χ0v) is 20.2. The fourth-order valence-electron chi connectivity index (χ4n) is 4.70. The number of likely N-dealkylation sites (tertiary alicyclic amines) is 1. The maximum absolute atomic E-state index is 12.8. The third kappa shape index (κ3) is 4.43. The molecule has 0 radical (unpaired) electrons. The minimum atomic E-state index is -0.173. The summed E-state index contributed by atoms with van der Waals surface area (Å²) in [6.07, 6.45) is 7.27. The molecule has 1 aliphatic rings. The third-order valence-electron chi connectivity index (χ3n) is 6.42. The Balaban J connectivity index is 1.59. The number of carbonyl (C=O) groups excluding carboxylic acids is 1. The van der Waals surface area contributed by atoms with Gasteiger partial charge in [0, 0.05) is 36.1 Å². The van der Waals surface area contributed by atoms with E-state index in [0.717, 1.165) is 42.4 Å². The number of nitrogen functional groups attached to an aromatic ring is 1. The molecule has 35 heavy (non-hydrogen) atoms. The van der Waals surface area contributed by atoms with Crippen LogP contribution in [0.1, 0.15) is 34.8 Å². The minimum absolute atomic E-state index is 0.173. The fraction of sp³-hybridized carbons (Fsp3) is 0.231. The van der Waals surface area contributed by atoms with Crippen LogP contribution in [0.5, 0.6) is 0 Å². The highest BCUT2D eigenvalue weighted by atomic mass is 35.5. The number of amides is 1. The summed E-state index contributed by atoms with van der Waals surface area (Å²) in [6.45, 7) is 5.93. The summed E-state index contributed by atoms with van der Waals surface area (Å²) in [5.74, 6) is 0.805. The summed E-state index contributed by atoms with van der Waals surface area (Å²) in [5.41, 5.74) is 9.98. The van der Waals surface area contributed by atoms with Crippen molar-refractivity contribution in [3.8, 4) is 11.3 Å². The van der Waals surface area contributed by atoms with Crippen molar-refractivity contribution in [2.75, 3.05) is 25.9 Å². The maximum Gasteiger partial charge on any atom is 0.348 e. The summed E-state index contributed by atoms with van der Waals surface area (Å²) >= 11 is 6.73. The van der Waals surface area contributed by atoms with Crippen molar-refractivity contribution >= 4 is 46.1 Å². The molecule has 1 aliphatic heterocycles. The van der Waals surface area contributed by atoms with E-state index >= 15 is 0 Å². The number of carbonyl (C=O) groups is 1. The van der Waals surface area contributed by atoms with Crippen LogP contribution < -0.4 is 11.1 Å². The number of anilines is 1. The highest BCUT2D eigenvalue weighted by molar-refractivity contribution is 6.34. The van der Waals surface area contributed by atoms with E-state index in [1.165, 1.54) is 5.32 Å². The first-order valence-electron chi connectivity index (χ1n) is 11.5. The molecule has 0 unspecified atom stereocenters. The topological polar surface area (TPSA) is 107 Å². The van der Waals surface area contributed by atoms with Crippen molar-refractivity contribution in [1.29, 1.82) is 0 Å². The molecule has 4 N–H and O–H groups in total. The Kier molecular flexibility index (Phi) is 6.34. The van der Waals surface area contributed by atoms with E-state index in [-0.39, 0.29) is 11.9 Å². The second-order valence-electron chi connectivity index (χ2n) is 8.84. The molecule has 0 aliphatic carbocycles. The smallest absolute Gasteiger partial charge is 0.348 e. The van der Waals surface area contributed by atoms with Gasteiger partial charge in [0.15, 0.2) is 0 Å². The van der Waals surface area contributed by atoms with Crippen molar-refractivity contribution in [2.24, 2.45) is 0 Å². The van der Waals surface area contributed by atoms with Gasteiger partial charge in [-0.25, -0.2) is 20.1 Å². The van der Waals surface area contributed by atoms with E-state index in [1.54, 1.807) is 42.7 Å². The van der Waals surface area contributed by atoms with Crippen LogP contribution in [-0.2, 0) is 0 Å². The highest BCUT2D eigenvalue weighted by Crippen LogP contribution is 2.39. The quantitative estimate of drug-likeness (QED) is 0.444. The molecule has 0 bridgehead atoms. The van der Waals surface area contributed by atoms with Crippen molar-refractivity contribution in [3.63, 3.8) is 0 Å². The predicted octanol–water partition coefficient (Wildman–Crippen LogP) is 3.67. The fourth-order valence-corrected chi connectivity index (χ4v) is 4.97. The van der Waals surface area contributed by atoms with E-state index in [1.807, 2.05) is 12.1 Å². The molecule has 178 valence electrons. The van der Waals surface area contributed by atoms with Gasteiger partial charge in [-0.15, -0.1) is 0 Å². The number of pyridine rings is 2. The second-order valence-corrected chi connectivity index (χ2v) is 9.24. The van der Waals surface area contributed by atoms with Gasteiger partial charge in [-0.1, -0.05) is 36.4 Å². The van der Waals surface area contributed by atoms with Crippen molar-refractivity contribution in [3.05, 3.63) is 71.5 Å². The lowest BCUT2D eigenvalue weighted by atomic mass is 10.0. The van der Waals surface area contributed by atoms with Crippen LogP contribution in [0.25, 0.3) is 28.2 Å². The van der Waals surface area contributed by atoms with Gasteiger partial charge in [-0.2, -0.15) is 5.10 Å². The molecular weight excluding hydrogens is 462 g/mol. The first-order valence-corrected chi connectivity index (χ1v) is 11.9. The van der Waals surface area contributed by atoms with E-state index < -0.39 is 0 Å². The number of piperidine rings is 1. The number of nitrogens with two attached hydrogens (primary N) is 2. The van der Waals surface area contributed by atoms with E-state index in [2.05, 4.69) is 33.2 Å². The summed E-state index contributed by atoms with van der Waals surface area (Å²) in [4.78, 5) is 23.7. The molecule has 5 rings (SSSR count). The maximum atomic E-state index is 12.8. The number of nitrogens with zero attached hydrogens (tertiary/aromatic N) is 5. The Bertz CT molecular complexity index is 1420. The SMILES string of the molecule is C=Cc1cnc(N)c2c(-c3ccc(C(=O)[NH2+]c4ccccn4)cc3Cl)nn([C@@H]3CCCN(C)C3)c12. The van der Waals surface area contributed by atoms with Crippen molar-refractivity contribution in [1.82, 2.24) is 24.6 Å². The first-order chi connectivity index (χ1) is 17.0. The molecule has 3 aromatic heterocycles. The van der Waals surface area contributed by atoms with Crippen LogP contribution in [0.4, 0.5) is 11.6 Å². The number of rotatable bonds is 5. The Hall–Kier alpha value is -3.59. The highest BCUT2D eigenvalue weighted by Gasteiger charge is 2.27. The van der Waals surface area contributed by atoms with Crippen molar-refractivity contribution in [2.45, 2.75) is 18.9 Å². The van der Waals surface area contributed by atoms with Gasteiger partial charge in [-0.3, -0.25) is 4.68 Å². The summed E-state index contributed by atoms with van der Waals surface area (Å²) in [6, 6.07) is 10.9. The summed E-state index contributed by atoms with van der Waals surface area (Å²) in [7, 11) is 2.12. The number of quaternary nitrogens is 1. The summed E-state index contributed by atoms with van der Waals surface area (Å²) in [5, 5.41) is 7.68. The lowest BCUT2D eigenvalue weighted by Crippen LogP contribution is -2.82. The van der Waals surface area contributed by atoms with Crippen LogP contribution in [0.15, 0.2) is 55.4 Å². The monoisotopic (exact) mass is 488 g/mol. The van der Waals surface area contributed by atoms with E-state index in [9.17, 15) is 4.79 Å². The van der Waals surface area contributed by atoms with Crippen LogP contribution >= 0.6 is 11.6 Å². The third-order valence-corrected chi connectivity index (χ3v) is 6.74. The molecule has 1 amide bonds. The predicted molar refractivity (Wildman–Crippen MR) is 138 cm³/mol. The lowest BCUT2D eigenvalue weighted by molar-refractivity contribution is -0.468. The summed E-state index contributed by atoms with van der Waals surface area (Å²) < 4.78 is 2.06. The Morgan fingerprint density at radius 2 is 2.14 bits per heavy atom. The molecule has 1 saturated heterocycles. The zero-order valence-electron chi connectivity index (χ0n) is 19.5. The molecule has 0 saturated carbocycles. The number of primary amides is 1. The second kappa shape index (κ2) is 9.58. The van der Waals surface area contributed by atoms with Crippen LogP contribution in [0.3, 0.4) is 0 Å². The number of fused-ring (bicyclic) bond motifs is 1. The van der Waals surface area contributed by atoms with Crippen LogP contribution in [0.2, 0.25) is 5.02 Å². The molecule has 1 fully saturated rings. The van der Waals surface area contributed by atoms with Gasteiger partial charge in [0.25, 0.3) is 0 Å². The van der Waals surface area contributed by atoms with Crippen LogP contribution in [0, 0.1) is 0 Å². The van der Waals surface area contributed by atoms with Gasteiger partial charge in [0.05, 0.1) is 27.5 Å². The van der Waals surface area contributed by atoms with Gasteiger partial charge >= 0.3 is 5.91 Å². The molecule has 4 heterocycles. The van der Waals surface area contributed by atoms with Gasteiger partial charge in [0.1, 0.15) is 11.5 Å². The minimum Gasteiger partial charge on any atom is -0.383 e. The number of hydrogen-bond donors (Lipinski definition) is 2. The van der Waals surface area contributed by atoms with Gasteiger partial charge in [-0.05, 0) is 44.6 Å². The molecular formula is C26H27ClN7O+. The number of hydrogen-bond acceptors (Lipinski definition) is 6. The van der Waals surface area contributed by atoms with Crippen LogP contribution in [-0.4, -0.2) is 50.7 Å². The zero-order chi connectivity index (χ0) is 24.5. The number of likely N-dealkylation sites (N-methyl/N-ethyl adjacent to an activating group) is 1. The molecule has 0 spiro atoms. The van der Waals surface area contributed by atoms with Gasteiger partial charge < -0.3 is 10.6 Å². The molecule has 4 aromatic rings. The largest absolute Gasteiger partial charge is 0.383 e. The first kappa shape index (κ1) is 23.2. The molecule has 1 atom stereocenters. The number of aromatic nitrogens is 4. The molecule has 8 nitrogen and oxygen atoms in total. The number of halogens is 1. The van der Waals surface area contributed by atoms with Crippen molar-refractivity contribution < 1.29 is 10.1 Å². The van der Waals surface area contributed by atoms with Gasteiger partial charge in [0.2, 0.25) is 5.82 Å². The number of benzene rings is 1. The van der Waals surface area contributed by atoms with E-state index in [4.69, 9.17) is 22.4 Å². The lowest BCUT2D eigenvalue weighted by Gasteiger charge is -2.30. The Morgan fingerprint density at radius 3 is 2.86 bits per heavy atom. The standard InChI is InChI=1S/C26H26ClN7O/c1-3-16-14-30-25(28)22-23(32-34(24(16)22)18-7-6-12-33(2)15-18)19-10-9-17(13-20(19)27)26(35)31-21-8-4-5-11-29-21/h3-5,8-11,13-14,18H,1,6-7,12,15H2,2H3,(H2,28,30)(H,29,31,35)/p+1/t18-/m1/s1. The average Bonchev–Trinajstić information content (AvgIpc) is 3.26. The Labute approximate surface area is 208 Å². The van der Waals surface area contributed by atoms with E-state index in [0.29, 0.717) is 33.5 Å². The average molecular weight is 489 g/mol. The molecule has 1 aromatic carbocycles. The normalized spacial score (nSPS) is 16.5.